The second-order valence-electron chi connectivity index (χ2n) is 3.70. The maximum absolute atomic E-state index is 10.4. The Morgan fingerprint density at radius 2 is 2.07 bits per heavy atom. The molecule has 0 aliphatic heterocycles. The predicted octanol–water partition coefficient (Wildman–Crippen LogP) is 2.41. The standard InChI is InChI=1S/C11H23NO2/c1-3-5-6-9-12-10(4-2)7-8-11(13)14/h10,12H,3-9H2,1-2H3,(H,13,14). The summed E-state index contributed by atoms with van der Waals surface area (Å²) >= 11 is 0. The minimum absolute atomic E-state index is 0.277. The van der Waals surface area contributed by atoms with Gasteiger partial charge in [0.2, 0.25) is 0 Å². The number of carbonyl (C=O) groups is 1. The van der Waals surface area contributed by atoms with Crippen molar-refractivity contribution in [2.24, 2.45) is 0 Å². The van der Waals surface area contributed by atoms with Crippen LogP contribution < -0.4 is 5.32 Å². The Bertz CT molecular complexity index is 148. The van der Waals surface area contributed by atoms with Gasteiger partial charge in [0.15, 0.2) is 0 Å². The average molecular weight is 201 g/mol. The summed E-state index contributed by atoms with van der Waals surface area (Å²) < 4.78 is 0. The molecule has 3 heteroatoms. The van der Waals surface area contributed by atoms with Crippen LogP contribution in [-0.2, 0) is 4.79 Å². The van der Waals surface area contributed by atoms with Crippen LogP contribution in [0.5, 0.6) is 0 Å². The average Bonchev–Trinajstić information content (AvgIpc) is 2.16. The van der Waals surface area contributed by atoms with Gasteiger partial charge in [0.05, 0.1) is 0 Å². The molecule has 0 fully saturated rings. The van der Waals surface area contributed by atoms with E-state index in [4.69, 9.17) is 5.11 Å². The predicted molar refractivity (Wildman–Crippen MR) is 58.5 cm³/mol. The van der Waals surface area contributed by atoms with Gasteiger partial charge < -0.3 is 10.4 Å². The van der Waals surface area contributed by atoms with Gasteiger partial charge in [-0.1, -0.05) is 26.7 Å². The van der Waals surface area contributed by atoms with Gasteiger partial charge >= 0.3 is 5.97 Å². The van der Waals surface area contributed by atoms with Crippen LogP contribution in [0.4, 0.5) is 0 Å². The number of carboxylic acids is 1. The lowest BCUT2D eigenvalue weighted by Crippen LogP contribution is -2.29. The van der Waals surface area contributed by atoms with E-state index in [1.807, 2.05) is 0 Å². The van der Waals surface area contributed by atoms with Crippen LogP contribution in [0.1, 0.15) is 52.4 Å². The number of carboxylic acid groups (broad SMARTS) is 1. The molecule has 0 spiro atoms. The van der Waals surface area contributed by atoms with Gasteiger partial charge in [-0.15, -0.1) is 0 Å². The molecule has 0 saturated carbocycles. The van der Waals surface area contributed by atoms with E-state index in [1.54, 1.807) is 0 Å². The molecule has 2 N–H and O–H groups in total. The first-order valence-corrected chi connectivity index (χ1v) is 5.65. The summed E-state index contributed by atoms with van der Waals surface area (Å²) in [7, 11) is 0. The van der Waals surface area contributed by atoms with Crippen molar-refractivity contribution in [2.75, 3.05) is 6.54 Å². The van der Waals surface area contributed by atoms with E-state index in [0.717, 1.165) is 19.4 Å². The number of hydrogen-bond acceptors (Lipinski definition) is 2. The van der Waals surface area contributed by atoms with Crippen molar-refractivity contribution in [3.63, 3.8) is 0 Å². The Balaban J connectivity index is 3.42. The lowest BCUT2D eigenvalue weighted by molar-refractivity contribution is -0.137. The van der Waals surface area contributed by atoms with Crippen molar-refractivity contribution in [1.82, 2.24) is 5.32 Å². The summed E-state index contributed by atoms with van der Waals surface area (Å²) in [5.74, 6) is -0.696. The minimum Gasteiger partial charge on any atom is -0.481 e. The zero-order valence-electron chi connectivity index (χ0n) is 9.38. The molecule has 0 aromatic heterocycles. The van der Waals surface area contributed by atoms with Crippen LogP contribution in [-0.4, -0.2) is 23.7 Å². The fraction of sp³-hybridized carbons (Fsp3) is 0.909. The Labute approximate surface area is 86.9 Å². The summed E-state index contributed by atoms with van der Waals surface area (Å²) in [6.45, 7) is 5.30. The van der Waals surface area contributed by atoms with Gasteiger partial charge in [-0.2, -0.15) is 0 Å². The van der Waals surface area contributed by atoms with Gasteiger partial charge in [0.25, 0.3) is 0 Å². The van der Waals surface area contributed by atoms with E-state index in [0.29, 0.717) is 6.04 Å². The van der Waals surface area contributed by atoms with Gasteiger partial charge in [-0.25, -0.2) is 0 Å². The molecule has 0 aromatic rings. The van der Waals surface area contributed by atoms with Crippen LogP contribution in [0, 0.1) is 0 Å². The summed E-state index contributed by atoms with van der Waals surface area (Å²) in [5.41, 5.74) is 0. The maximum atomic E-state index is 10.4. The minimum atomic E-state index is -0.696. The molecular weight excluding hydrogens is 178 g/mol. The van der Waals surface area contributed by atoms with Crippen molar-refractivity contribution in [3.8, 4) is 0 Å². The molecule has 84 valence electrons. The van der Waals surface area contributed by atoms with Crippen molar-refractivity contribution < 1.29 is 9.90 Å². The number of nitrogens with one attached hydrogen (secondary N) is 1. The number of rotatable bonds is 9. The summed E-state index contributed by atoms with van der Waals surface area (Å²) in [6.07, 6.45) is 5.71. The molecule has 0 aliphatic carbocycles. The quantitative estimate of drug-likeness (QED) is 0.563. The Kier molecular flexibility index (Phi) is 8.64. The third-order valence-corrected chi connectivity index (χ3v) is 2.41. The fourth-order valence-electron chi connectivity index (χ4n) is 1.43. The Morgan fingerprint density at radius 3 is 2.57 bits per heavy atom. The highest BCUT2D eigenvalue weighted by atomic mass is 16.4. The van der Waals surface area contributed by atoms with E-state index in [-0.39, 0.29) is 6.42 Å². The smallest absolute Gasteiger partial charge is 0.303 e. The number of unbranched alkanes of at least 4 members (excludes halogenated alkanes) is 2. The van der Waals surface area contributed by atoms with Crippen molar-refractivity contribution in [3.05, 3.63) is 0 Å². The first kappa shape index (κ1) is 13.4. The normalized spacial score (nSPS) is 12.7. The van der Waals surface area contributed by atoms with Gasteiger partial charge in [-0.3, -0.25) is 4.79 Å². The van der Waals surface area contributed by atoms with E-state index < -0.39 is 5.97 Å². The molecule has 0 aliphatic rings. The lowest BCUT2D eigenvalue weighted by atomic mass is 10.1. The zero-order valence-corrected chi connectivity index (χ0v) is 9.38. The Morgan fingerprint density at radius 1 is 1.36 bits per heavy atom. The molecule has 0 rings (SSSR count). The fourth-order valence-corrected chi connectivity index (χ4v) is 1.43. The Hall–Kier alpha value is -0.570. The van der Waals surface area contributed by atoms with Crippen LogP contribution in [0.15, 0.2) is 0 Å². The SMILES string of the molecule is CCCCCNC(CC)CCC(=O)O. The molecule has 0 radical (unpaired) electrons. The summed E-state index contributed by atoms with van der Waals surface area (Å²) in [4.78, 5) is 10.4. The van der Waals surface area contributed by atoms with Crippen LogP contribution >= 0.6 is 0 Å². The van der Waals surface area contributed by atoms with Gasteiger partial charge in [-0.05, 0) is 25.8 Å². The summed E-state index contributed by atoms with van der Waals surface area (Å²) in [5, 5.41) is 11.9. The monoisotopic (exact) mass is 201 g/mol. The number of hydrogen-bond donors (Lipinski definition) is 2. The third-order valence-electron chi connectivity index (χ3n) is 2.41. The molecule has 0 aromatic carbocycles. The molecule has 0 amide bonds. The molecule has 3 nitrogen and oxygen atoms in total. The molecule has 0 saturated heterocycles. The first-order chi connectivity index (χ1) is 6.70. The van der Waals surface area contributed by atoms with Crippen molar-refractivity contribution in [1.29, 1.82) is 0 Å². The summed E-state index contributed by atoms with van der Waals surface area (Å²) in [6, 6.07) is 0.378. The van der Waals surface area contributed by atoms with E-state index in [2.05, 4.69) is 19.2 Å². The molecule has 0 heterocycles. The lowest BCUT2D eigenvalue weighted by Gasteiger charge is -2.15. The zero-order chi connectivity index (χ0) is 10.8. The molecular formula is C11H23NO2. The molecule has 14 heavy (non-hydrogen) atoms. The second-order valence-corrected chi connectivity index (χ2v) is 3.70. The molecule has 1 unspecified atom stereocenters. The van der Waals surface area contributed by atoms with E-state index >= 15 is 0 Å². The van der Waals surface area contributed by atoms with Crippen LogP contribution in [0.2, 0.25) is 0 Å². The van der Waals surface area contributed by atoms with Crippen LogP contribution in [0.25, 0.3) is 0 Å². The highest BCUT2D eigenvalue weighted by molar-refractivity contribution is 5.66. The van der Waals surface area contributed by atoms with E-state index in [1.165, 1.54) is 19.3 Å². The highest BCUT2D eigenvalue weighted by Gasteiger charge is 2.07. The van der Waals surface area contributed by atoms with Gasteiger partial charge in [0.1, 0.15) is 0 Å². The van der Waals surface area contributed by atoms with Crippen LogP contribution in [0.3, 0.4) is 0 Å². The van der Waals surface area contributed by atoms with Crippen molar-refractivity contribution in [2.45, 2.75) is 58.4 Å². The third kappa shape index (κ3) is 8.05. The second kappa shape index (κ2) is 9.00. The van der Waals surface area contributed by atoms with E-state index in [9.17, 15) is 4.79 Å². The van der Waals surface area contributed by atoms with Gasteiger partial charge in [0, 0.05) is 12.5 Å². The number of aliphatic carboxylic acids is 1. The maximum Gasteiger partial charge on any atom is 0.303 e. The highest BCUT2D eigenvalue weighted by Crippen LogP contribution is 2.02. The van der Waals surface area contributed by atoms with Crippen molar-refractivity contribution >= 4 is 5.97 Å². The molecule has 1 atom stereocenters. The molecule has 0 bridgehead atoms. The largest absolute Gasteiger partial charge is 0.481 e. The topological polar surface area (TPSA) is 49.3 Å². The first-order valence-electron chi connectivity index (χ1n) is 5.65.